The largest absolute Gasteiger partial charge is 0.492 e. The molecule has 0 N–H and O–H groups in total. The molecule has 0 bridgehead atoms. The Labute approximate surface area is 77.1 Å². The fraction of sp³-hybridized carbons (Fsp3) is 0.400. The topological polar surface area (TPSA) is 9.23 Å². The van der Waals surface area contributed by atoms with Gasteiger partial charge in [0.1, 0.15) is 12.4 Å². The first kappa shape index (κ1) is 7.99. The molecule has 1 nitrogen and oxygen atoms in total. The maximum Gasteiger partial charge on any atom is 0.119 e. The van der Waals surface area contributed by atoms with Gasteiger partial charge in [-0.3, -0.25) is 0 Å². The highest BCUT2D eigenvalue weighted by molar-refractivity contribution is 8.07. The van der Waals surface area contributed by atoms with E-state index >= 15 is 0 Å². The summed E-state index contributed by atoms with van der Waals surface area (Å²) in [6, 6.07) is 9.99. The van der Waals surface area contributed by atoms with Crippen molar-refractivity contribution in [1.29, 1.82) is 0 Å². The lowest BCUT2D eigenvalue weighted by atomic mass is 10.3. The van der Waals surface area contributed by atoms with Crippen LogP contribution in [0.2, 0.25) is 0 Å². The van der Waals surface area contributed by atoms with Crippen molar-refractivity contribution in [1.82, 2.24) is 0 Å². The first-order valence-electron chi connectivity index (χ1n) is 4.19. The van der Waals surface area contributed by atoms with Crippen LogP contribution >= 0.6 is 11.8 Å². The Bertz CT molecular complexity index is 247. The first-order chi connectivity index (χ1) is 5.86. The van der Waals surface area contributed by atoms with E-state index in [-0.39, 0.29) is 0 Å². The number of thioether (sulfide) groups is 1. The van der Waals surface area contributed by atoms with E-state index in [1.165, 1.54) is 0 Å². The molecule has 0 unspecified atom stereocenters. The lowest BCUT2D eigenvalue weighted by Crippen LogP contribution is -2.05. The van der Waals surface area contributed by atoms with Gasteiger partial charge in [-0.15, -0.1) is 11.8 Å². The van der Waals surface area contributed by atoms with Gasteiger partial charge in [0.2, 0.25) is 0 Å². The maximum atomic E-state index is 5.58. The number of hydrogen-bond donors (Lipinski definition) is 0. The van der Waals surface area contributed by atoms with Crippen LogP contribution in [0, 0.1) is 0 Å². The van der Waals surface area contributed by atoms with Crippen LogP contribution < -0.4 is 4.74 Å². The molecule has 2 atom stereocenters. The van der Waals surface area contributed by atoms with Gasteiger partial charge in [-0.25, -0.2) is 0 Å². The van der Waals surface area contributed by atoms with Gasteiger partial charge < -0.3 is 4.74 Å². The summed E-state index contributed by atoms with van der Waals surface area (Å²) >= 11 is 1.99. The average molecular weight is 180 g/mol. The van der Waals surface area contributed by atoms with E-state index in [2.05, 4.69) is 6.92 Å². The lowest BCUT2D eigenvalue weighted by Gasteiger charge is -2.02. The van der Waals surface area contributed by atoms with Crippen molar-refractivity contribution < 1.29 is 4.74 Å². The monoisotopic (exact) mass is 180 g/mol. The van der Waals surface area contributed by atoms with Crippen molar-refractivity contribution >= 4 is 11.8 Å². The summed E-state index contributed by atoms with van der Waals surface area (Å²) in [5.74, 6) is 0.984. The van der Waals surface area contributed by atoms with E-state index < -0.39 is 0 Å². The van der Waals surface area contributed by atoms with Crippen molar-refractivity contribution in [2.24, 2.45) is 0 Å². The van der Waals surface area contributed by atoms with Crippen LogP contribution in [0.4, 0.5) is 0 Å². The molecule has 0 amide bonds. The third-order valence-corrected chi connectivity index (χ3v) is 3.33. The summed E-state index contributed by atoms with van der Waals surface area (Å²) < 4.78 is 5.58. The van der Waals surface area contributed by atoms with Crippen LogP contribution in [0.1, 0.15) is 6.92 Å². The second-order valence-corrected chi connectivity index (χ2v) is 4.62. The Morgan fingerprint density at radius 2 is 2.00 bits per heavy atom. The van der Waals surface area contributed by atoms with Gasteiger partial charge in [0.25, 0.3) is 0 Å². The SMILES string of the molecule is C[C@H]1S[C@H]1COc1ccccc1. The summed E-state index contributed by atoms with van der Waals surface area (Å²) in [5, 5.41) is 1.53. The molecule has 1 fully saturated rings. The Balaban J connectivity index is 1.80. The normalized spacial score (nSPS) is 26.8. The predicted molar refractivity (Wildman–Crippen MR) is 52.8 cm³/mol. The Morgan fingerprint density at radius 1 is 1.33 bits per heavy atom. The zero-order valence-corrected chi connectivity index (χ0v) is 7.88. The van der Waals surface area contributed by atoms with Crippen molar-refractivity contribution in [3.8, 4) is 5.75 Å². The molecule has 1 aliphatic rings. The van der Waals surface area contributed by atoms with Gasteiger partial charge in [0.05, 0.1) is 5.25 Å². The third-order valence-electron chi connectivity index (χ3n) is 1.99. The van der Waals surface area contributed by atoms with E-state index in [0.29, 0.717) is 0 Å². The first-order valence-corrected chi connectivity index (χ1v) is 5.14. The second-order valence-electron chi connectivity index (χ2n) is 3.00. The van der Waals surface area contributed by atoms with E-state index in [4.69, 9.17) is 4.74 Å². The van der Waals surface area contributed by atoms with Crippen molar-refractivity contribution in [2.75, 3.05) is 6.61 Å². The number of para-hydroxylation sites is 1. The highest BCUT2D eigenvalue weighted by Crippen LogP contribution is 2.40. The number of hydrogen-bond acceptors (Lipinski definition) is 2. The molecule has 0 saturated carbocycles. The smallest absolute Gasteiger partial charge is 0.119 e. The Kier molecular flexibility index (Phi) is 2.26. The van der Waals surface area contributed by atoms with E-state index in [1.807, 2.05) is 42.1 Å². The van der Waals surface area contributed by atoms with Crippen molar-refractivity contribution in [3.05, 3.63) is 30.3 Å². The van der Waals surface area contributed by atoms with E-state index in [1.54, 1.807) is 0 Å². The van der Waals surface area contributed by atoms with Crippen LogP contribution in [-0.2, 0) is 0 Å². The van der Waals surface area contributed by atoms with E-state index in [0.717, 1.165) is 22.9 Å². The Morgan fingerprint density at radius 3 is 2.58 bits per heavy atom. The van der Waals surface area contributed by atoms with Crippen LogP contribution in [0.25, 0.3) is 0 Å². The molecule has 0 aromatic heterocycles. The molecule has 1 aromatic rings. The van der Waals surface area contributed by atoms with Crippen LogP contribution in [0.5, 0.6) is 5.75 Å². The van der Waals surface area contributed by atoms with Gasteiger partial charge >= 0.3 is 0 Å². The molecule has 1 saturated heterocycles. The standard InChI is InChI=1S/C10H12OS/c1-8-10(12-8)7-11-9-5-3-2-4-6-9/h2-6,8,10H,7H2,1H3/t8-,10+/m1/s1. The fourth-order valence-corrected chi connectivity index (χ4v) is 1.79. The van der Waals surface area contributed by atoms with Crippen LogP contribution in [0.15, 0.2) is 30.3 Å². The molecule has 0 radical (unpaired) electrons. The minimum Gasteiger partial charge on any atom is -0.492 e. The third kappa shape index (κ3) is 1.95. The number of rotatable bonds is 3. The molecule has 1 heterocycles. The van der Waals surface area contributed by atoms with Crippen LogP contribution in [-0.4, -0.2) is 17.1 Å². The minimum atomic E-state index is 0.727. The van der Waals surface area contributed by atoms with Gasteiger partial charge in [-0.2, -0.15) is 0 Å². The summed E-state index contributed by atoms with van der Waals surface area (Å²) in [6.07, 6.45) is 0. The van der Waals surface area contributed by atoms with Crippen LogP contribution in [0.3, 0.4) is 0 Å². The van der Waals surface area contributed by atoms with E-state index in [9.17, 15) is 0 Å². The quantitative estimate of drug-likeness (QED) is 0.661. The number of ether oxygens (including phenoxy) is 1. The maximum absolute atomic E-state index is 5.58. The van der Waals surface area contributed by atoms with Gasteiger partial charge in [-0.05, 0) is 12.1 Å². The molecule has 2 rings (SSSR count). The molecule has 0 spiro atoms. The molecule has 1 aromatic carbocycles. The number of benzene rings is 1. The molecule has 64 valence electrons. The fourth-order valence-electron chi connectivity index (χ4n) is 1.10. The molecular weight excluding hydrogens is 168 g/mol. The molecule has 0 aliphatic carbocycles. The van der Waals surface area contributed by atoms with Gasteiger partial charge in [0.15, 0.2) is 0 Å². The van der Waals surface area contributed by atoms with Crippen molar-refractivity contribution in [3.63, 3.8) is 0 Å². The predicted octanol–water partition coefficient (Wildman–Crippen LogP) is 2.57. The summed E-state index contributed by atoms with van der Waals surface area (Å²) in [5.41, 5.74) is 0. The molecular formula is C10H12OS. The summed E-state index contributed by atoms with van der Waals surface area (Å²) in [4.78, 5) is 0. The zero-order chi connectivity index (χ0) is 8.39. The van der Waals surface area contributed by atoms with Gasteiger partial charge in [0, 0.05) is 5.25 Å². The second kappa shape index (κ2) is 3.40. The van der Waals surface area contributed by atoms with Crippen molar-refractivity contribution in [2.45, 2.75) is 17.4 Å². The lowest BCUT2D eigenvalue weighted by molar-refractivity contribution is 0.325. The summed E-state index contributed by atoms with van der Waals surface area (Å²) in [7, 11) is 0. The zero-order valence-electron chi connectivity index (χ0n) is 7.07. The summed E-state index contributed by atoms with van der Waals surface area (Å²) in [6.45, 7) is 3.10. The molecule has 2 heteroatoms. The Hall–Kier alpha value is -0.630. The highest BCUT2D eigenvalue weighted by atomic mass is 32.2. The highest BCUT2D eigenvalue weighted by Gasteiger charge is 2.34. The van der Waals surface area contributed by atoms with Gasteiger partial charge in [-0.1, -0.05) is 25.1 Å². The average Bonchev–Trinajstić information content (AvgIpc) is 2.81. The minimum absolute atomic E-state index is 0.727. The molecule has 12 heavy (non-hydrogen) atoms. The molecule has 1 aliphatic heterocycles.